The van der Waals surface area contributed by atoms with Crippen LogP contribution in [0.4, 0.5) is 0 Å². The van der Waals surface area contributed by atoms with Gasteiger partial charge in [-0.05, 0) is 38.9 Å². The van der Waals surface area contributed by atoms with E-state index in [0.29, 0.717) is 18.1 Å². The second-order valence-electron chi connectivity index (χ2n) is 5.57. The van der Waals surface area contributed by atoms with Gasteiger partial charge in [-0.2, -0.15) is 0 Å². The molecule has 3 N–H and O–H groups in total. The van der Waals surface area contributed by atoms with Crippen LogP contribution in [0.1, 0.15) is 30.9 Å². The van der Waals surface area contributed by atoms with Gasteiger partial charge in [0.1, 0.15) is 0 Å². The molecule has 0 heterocycles. The number of nitrogens with two attached hydrogens (primary N) is 1. The lowest BCUT2D eigenvalue weighted by atomic mass is 10.1. The molecule has 3 atom stereocenters. The van der Waals surface area contributed by atoms with Gasteiger partial charge in [0.2, 0.25) is 0 Å². The van der Waals surface area contributed by atoms with Gasteiger partial charge >= 0.3 is 0 Å². The Bertz CT molecular complexity index is 350. The van der Waals surface area contributed by atoms with Gasteiger partial charge in [0.05, 0.1) is 0 Å². The van der Waals surface area contributed by atoms with Crippen LogP contribution in [0.5, 0.6) is 0 Å². The van der Waals surface area contributed by atoms with Gasteiger partial charge in [0, 0.05) is 24.7 Å². The smallest absolute Gasteiger partial charge is 0.0466 e. The van der Waals surface area contributed by atoms with Crippen LogP contribution in [0.25, 0.3) is 0 Å². The number of likely N-dealkylation sites (N-methyl/N-ethyl adjacent to an activating group) is 1. The summed E-state index contributed by atoms with van der Waals surface area (Å²) in [5, 5.41) is 3.67. The number of hydrogen-bond donors (Lipinski definition) is 2. The summed E-state index contributed by atoms with van der Waals surface area (Å²) < 4.78 is 0. The van der Waals surface area contributed by atoms with Crippen molar-refractivity contribution in [3.8, 4) is 0 Å². The molecular formula is C15H25N3. The van der Waals surface area contributed by atoms with Crippen molar-refractivity contribution in [3.63, 3.8) is 0 Å². The molecule has 1 aliphatic carbocycles. The molecule has 0 spiro atoms. The Balaban J connectivity index is 1.91. The minimum atomic E-state index is 0.400. The summed E-state index contributed by atoms with van der Waals surface area (Å²) in [6.45, 7) is 0.994. The second kappa shape index (κ2) is 6.32. The third-order valence-electron chi connectivity index (χ3n) is 3.88. The summed E-state index contributed by atoms with van der Waals surface area (Å²) in [4.78, 5) is 2.28. The zero-order valence-corrected chi connectivity index (χ0v) is 11.5. The zero-order chi connectivity index (χ0) is 13.0. The largest absolute Gasteiger partial charge is 0.328 e. The van der Waals surface area contributed by atoms with Crippen LogP contribution >= 0.6 is 0 Å². The fraction of sp³-hybridized carbons (Fsp3) is 0.600. The lowest BCUT2D eigenvalue weighted by Gasteiger charge is -2.26. The third kappa shape index (κ3) is 3.55. The predicted molar refractivity (Wildman–Crippen MR) is 76.5 cm³/mol. The summed E-state index contributed by atoms with van der Waals surface area (Å²) in [5.41, 5.74) is 7.32. The fourth-order valence-electron chi connectivity index (χ4n) is 2.75. The standard InChI is InChI=1S/C15H25N3/c1-18(2)15(12-6-4-3-5-7-12)11-17-14-9-8-13(16)10-14/h3-7,13-15,17H,8-11,16H2,1-2H3. The summed E-state index contributed by atoms with van der Waals surface area (Å²) in [6.07, 6.45) is 3.50. The van der Waals surface area contributed by atoms with E-state index in [1.165, 1.54) is 12.0 Å². The van der Waals surface area contributed by atoms with Crippen LogP contribution in [0, 0.1) is 0 Å². The lowest BCUT2D eigenvalue weighted by Crippen LogP contribution is -2.36. The Morgan fingerprint density at radius 1 is 1.28 bits per heavy atom. The Hall–Kier alpha value is -0.900. The maximum Gasteiger partial charge on any atom is 0.0466 e. The molecule has 18 heavy (non-hydrogen) atoms. The average Bonchev–Trinajstić information content (AvgIpc) is 2.76. The first-order valence-corrected chi connectivity index (χ1v) is 6.87. The van der Waals surface area contributed by atoms with Gasteiger partial charge in [-0.25, -0.2) is 0 Å². The summed E-state index contributed by atoms with van der Waals surface area (Å²) in [6, 6.07) is 12.1. The molecule has 0 aliphatic heterocycles. The Morgan fingerprint density at radius 2 is 2.00 bits per heavy atom. The van der Waals surface area contributed by atoms with Crippen LogP contribution in [-0.2, 0) is 0 Å². The SMILES string of the molecule is CN(C)C(CNC1CCC(N)C1)c1ccccc1. The van der Waals surface area contributed by atoms with Gasteiger partial charge in [0.15, 0.2) is 0 Å². The van der Waals surface area contributed by atoms with Gasteiger partial charge in [0.25, 0.3) is 0 Å². The van der Waals surface area contributed by atoms with Crippen molar-refractivity contribution in [3.05, 3.63) is 35.9 Å². The van der Waals surface area contributed by atoms with E-state index < -0.39 is 0 Å². The molecule has 1 aromatic carbocycles. The summed E-state index contributed by atoms with van der Waals surface area (Å²) in [5.74, 6) is 0. The van der Waals surface area contributed by atoms with Gasteiger partial charge in [-0.3, -0.25) is 0 Å². The average molecular weight is 247 g/mol. The van der Waals surface area contributed by atoms with Crippen LogP contribution in [0.3, 0.4) is 0 Å². The van der Waals surface area contributed by atoms with Crippen LogP contribution in [0.2, 0.25) is 0 Å². The third-order valence-corrected chi connectivity index (χ3v) is 3.88. The maximum atomic E-state index is 5.95. The van der Waals surface area contributed by atoms with Crippen molar-refractivity contribution < 1.29 is 0 Å². The van der Waals surface area contributed by atoms with E-state index in [9.17, 15) is 0 Å². The summed E-state index contributed by atoms with van der Waals surface area (Å²) in [7, 11) is 4.28. The minimum absolute atomic E-state index is 0.400. The molecule has 0 bridgehead atoms. The lowest BCUT2D eigenvalue weighted by molar-refractivity contribution is 0.279. The molecule has 100 valence electrons. The minimum Gasteiger partial charge on any atom is -0.328 e. The molecule has 1 fully saturated rings. The molecule has 0 amide bonds. The Morgan fingerprint density at radius 3 is 2.56 bits per heavy atom. The number of rotatable bonds is 5. The van der Waals surface area contributed by atoms with Crippen molar-refractivity contribution in [1.29, 1.82) is 0 Å². The van der Waals surface area contributed by atoms with Crippen molar-refractivity contribution >= 4 is 0 Å². The Kier molecular flexibility index (Phi) is 4.75. The highest BCUT2D eigenvalue weighted by molar-refractivity contribution is 5.19. The first kappa shape index (κ1) is 13.5. The number of benzene rings is 1. The topological polar surface area (TPSA) is 41.3 Å². The van der Waals surface area contributed by atoms with Crippen LogP contribution < -0.4 is 11.1 Å². The highest BCUT2D eigenvalue weighted by Crippen LogP contribution is 2.20. The number of hydrogen-bond acceptors (Lipinski definition) is 3. The molecule has 1 saturated carbocycles. The molecule has 3 nitrogen and oxygen atoms in total. The van der Waals surface area contributed by atoms with E-state index >= 15 is 0 Å². The monoisotopic (exact) mass is 247 g/mol. The van der Waals surface area contributed by atoms with E-state index in [4.69, 9.17) is 5.73 Å². The molecule has 1 aliphatic rings. The zero-order valence-electron chi connectivity index (χ0n) is 11.5. The molecule has 3 heteroatoms. The van der Waals surface area contributed by atoms with E-state index in [1.54, 1.807) is 0 Å². The second-order valence-corrected chi connectivity index (χ2v) is 5.57. The quantitative estimate of drug-likeness (QED) is 0.833. The van der Waals surface area contributed by atoms with Crippen molar-refractivity contribution in [2.24, 2.45) is 5.73 Å². The molecule has 1 aromatic rings. The molecule has 0 radical (unpaired) electrons. The molecule has 0 aromatic heterocycles. The van der Waals surface area contributed by atoms with Crippen molar-refractivity contribution in [1.82, 2.24) is 10.2 Å². The first-order valence-electron chi connectivity index (χ1n) is 6.87. The molecule has 3 unspecified atom stereocenters. The fourth-order valence-corrected chi connectivity index (χ4v) is 2.75. The maximum absolute atomic E-state index is 5.95. The normalized spacial score (nSPS) is 25.6. The van der Waals surface area contributed by atoms with Crippen molar-refractivity contribution in [2.45, 2.75) is 37.4 Å². The van der Waals surface area contributed by atoms with E-state index in [2.05, 4.69) is 54.6 Å². The number of nitrogens with zero attached hydrogens (tertiary/aromatic N) is 1. The Labute approximate surface area is 110 Å². The predicted octanol–water partition coefficient (Wildman–Crippen LogP) is 1.76. The molecule has 0 saturated heterocycles. The van der Waals surface area contributed by atoms with E-state index in [0.717, 1.165) is 19.4 Å². The van der Waals surface area contributed by atoms with Gasteiger partial charge in [-0.1, -0.05) is 30.3 Å². The van der Waals surface area contributed by atoms with Crippen LogP contribution in [-0.4, -0.2) is 37.6 Å². The number of nitrogens with one attached hydrogen (secondary N) is 1. The van der Waals surface area contributed by atoms with E-state index in [1.807, 2.05) is 0 Å². The van der Waals surface area contributed by atoms with Gasteiger partial charge in [-0.15, -0.1) is 0 Å². The van der Waals surface area contributed by atoms with Crippen molar-refractivity contribution in [2.75, 3.05) is 20.6 Å². The summed E-state index contributed by atoms with van der Waals surface area (Å²) >= 11 is 0. The van der Waals surface area contributed by atoms with E-state index in [-0.39, 0.29) is 0 Å². The van der Waals surface area contributed by atoms with Gasteiger partial charge < -0.3 is 16.0 Å². The molecule has 2 rings (SSSR count). The first-order chi connectivity index (χ1) is 8.66. The highest BCUT2D eigenvalue weighted by Gasteiger charge is 2.23. The highest BCUT2D eigenvalue weighted by atomic mass is 15.1. The van der Waals surface area contributed by atoms with Crippen LogP contribution in [0.15, 0.2) is 30.3 Å². The molecular weight excluding hydrogens is 222 g/mol.